The van der Waals surface area contributed by atoms with E-state index in [1.807, 2.05) is 43.5 Å². The maximum Gasteiger partial charge on any atom is 0.321 e. The highest BCUT2D eigenvalue weighted by Gasteiger charge is 2.35. The second-order valence-corrected chi connectivity index (χ2v) is 9.24. The van der Waals surface area contributed by atoms with Gasteiger partial charge in [0.2, 0.25) is 0 Å². The van der Waals surface area contributed by atoms with Gasteiger partial charge in [-0.1, -0.05) is 12.1 Å². The van der Waals surface area contributed by atoms with E-state index in [0.29, 0.717) is 18.8 Å². The number of hydrogen-bond donors (Lipinski definition) is 1. The molecule has 2 aromatic rings. The van der Waals surface area contributed by atoms with Crippen molar-refractivity contribution in [1.82, 2.24) is 4.90 Å². The average molecular weight is 348 g/mol. The number of nitrogens with one attached hydrogen (secondary N) is 1. The zero-order valence-corrected chi connectivity index (χ0v) is 14.9. The first kappa shape index (κ1) is 16.2. The predicted molar refractivity (Wildman–Crippen MR) is 97.4 cm³/mol. The molecule has 2 amide bonds. The standard InChI is InChI=1S/C17H20N2O2S2/c1-17(2)12-19(7-9-23(17)21)16(20)18-15-5-3-4-13(10-15)14-6-8-22-11-14/h3-6,8,10-11H,7,9,12H2,1-2H3,(H,18,20)/t23-/m1/s1. The Hall–Kier alpha value is -1.66. The zero-order valence-electron chi connectivity index (χ0n) is 13.2. The summed E-state index contributed by atoms with van der Waals surface area (Å²) in [7, 11) is -0.879. The van der Waals surface area contributed by atoms with Crippen LogP contribution in [0.4, 0.5) is 10.5 Å². The Morgan fingerprint density at radius 1 is 1.30 bits per heavy atom. The van der Waals surface area contributed by atoms with E-state index in [4.69, 9.17) is 0 Å². The first-order valence-corrected chi connectivity index (χ1v) is 9.79. The van der Waals surface area contributed by atoms with E-state index in [1.54, 1.807) is 16.2 Å². The average Bonchev–Trinajstić information content (AvgIpc) is 3.04. The fourth-order valence-electron chi connectivity index (χ4n) is 2.66. The van der Waals surface area contributed by atoms with Gasteiger partial charge in [0.05, 0.1) is 4.75 Å². The summed E-state index contributed by atoms with van der Waals surface area (Å²) in [4.78, 5) is 14.2. The van der Waals surface area contributed by atoms with Crippen molar-refractivity contribution in [3.05, 3.63) is 41.1 Å². The smallest absolute Gasteiger partial charge is 0.321 e. The Morgan fingerprint density at radius 3 is 2.83 bits per heavy atom. The third-order valence-electron chi connectivity index (χ3n) is 3.99. The number of anilines is 1. The molecule has 3 rings (SSSR count). The molecule has 0 saturated carbocycles. The second kappa shape index (κ2) is 6.45. The first-order valence-electron chi connectivity index (χ1n) is 7.53. The minimum atomic E-state index is -0.879. The van der Waals surface area contributed by atoms with Crippen LogP contribution in [0.5, 0.6) is 0 Å². The van der Waals surface area contributed by atoms with Crippen molar-refractivity contribution in [3.8, 4) is 11.1 Å². The van der Waals surface area contributed by atoms with Crippen LogP contribution in [0.25, 0.3) is 11.1 Å². The predicted octanol–water partition coefficient (Wildman–Crippen LogP) is 3.79. The Morgan fingerprint density at radius 2 is 2.13 bits per heavy atom. The first-order chi connectivity index (χ1) is 11.0. The molecule has 23 heavy (non-hydrogen) atoms. The number of amides is 2. The molecule has 1 aliphatic heterocycles. The van der Waals surface area contributed by atoms with E-state index in [-0.39, 0.29) is 10.8 Å². The van der Waals surface area contributed by atoms with E-state index in [2.05, 4.69) is 16.8 Å². The largest absolute Gasteiger partial charge is 0.322 e. The number of thiophene rings is 1. The molecule has 2 heterocycles. The molecule has 1 N–H and O–H groups in total. The van der Waals surface area contributed by atoms with Gasteiger partial charge in [0.15, 0.2) is 0 Å². The molecule has 4 nitrogen and oxygen atoms in total. The normalized spacial score (nSPS) is 20.3. The van der Waals surface area contributed by atoms with Gasteiger partial charge in [0, 0.05) is 35.3 Å². The van der Waals surface area contributed by atoms with E-state index >= 15 is 0 Å². The Labute approximate surface area is 143 Å². The van der Waals surface area contributed by atoms with Crippen LogP contribution in [0.2, 0.25) is 0 Å². The van der Waals surface area contributed by atoms with Crippen molar-refractivity contribution < 1.29 is 9.00 Å². The highest BCUT2D eigenvalue weighted by Crippen LogP contribution is 2.25. The molecule has 0 aliphatic carbocycles. The van der Waals surface area contributed by atoms with Gasteiger partial charge >= 0.3 is 6.03 Å². The fraction of sp³-hybridized carbons (Fsp3) is 0.353. The molecule has 6 heteroatoms. The van der Waals surface area contributed by atoms with E-state index < -0.39 is 10.8 Å². The Bertz CT molecular complexity index is 726. The van der Waals surface area contributed by atoms with Crippen molar-refractivity contribution >= 4 is 33.9 Å². The van der Waals surface area contributed by atoms with Crippen LogP contribution in [-0.2, 0) is 10.8 Å². The topological polar surface area (TPSA) is 49.4 Å². The van der Waals surface area contributed by atoms with Crippen LogP contribution >= 0.6 is 11.3 Å². The lowest BCUT2D eigenvalue weighted by molar-refractivity contribution is 0.207. The summed E-state index contributed by atoms with van der Waals surface area (Å²) in [5, 5.41) is 7.08. The third-order valence-corrected chi connectivity index (χ3v) is 6.59. The molecule has 1 saturated heterocycles. The molecule has 0 bridgehead atoms. The summed E-state index contributed by atoms with van der Waals surface area (Å²) < 4.78 is 11.6. The molecule has 1 aromatic carbocycles. The van der Waals surface area contributed by atoms with E-state index in [0.717, 1.165) is 16.8 Å². The lowest BCUT2D eigenvalue weighted by atomic mass is 10.1. The summed E-state index contributed by atoms with van der Waals surface area (Å²) in [6.07, 6.45) is 0. The van der Waals surface area contributed by atoms with Crippen molar-refractivity contribution in [2.75, 3.05) is 24.2 Å². The van der Waals surface area contributed by atoms with Gasteiger partial charge in [-0.05, 0) is 53.9 Å². The van der Waals surface area contributed by atoms with Crippen LogP contribution in [0, 0.1) is 0 Å². The molecule has 1 aromatic heterocycles. The Kier molecular flexibility index (Phi) is 4.55. The number of rotatable bonds is 2. The van der Waals surface area contributed by atoms with Crippen molar-refractivity contribution in [3.63, 3.8) is 0 Å². The number of carbonyl (C=O) groups is 1. The lowest BCUT2D eigenvalue weighted by Gasteiger charge is -2.37. The van der Waals surface area contributed by atoms with Crippen molar-refractivity contribution in [2.24, 2.45) is 0 Å². The molecular formula is C17H20N2O2S2. The summed E-state index contributed by atoms with van der Waals surface area (Å²) in [5.74, 6) is 0.537. The van der Waals surface area contributed by atoms with Crippen LogP contribution in [-0.4, -0.2) is 38.7 Å². The van der Waals surface area contributed by atoms with Gasteiger partial charge in [0.25, 0.3) is 0 Å². The Balaban J connectivity index is 1.71. The number of nitrogens with zero attached hydrogens (tertiary/aromatic N) is 1. The maximum absolute atomic E-state index is 12.5. The van der Waals surface area contributed by atoms with Crippen LogP contribution in [0.1, 0.15) is 13.8 Å². The zero-order chi connectivity index (χ0) is 16.4. The van der Waals surface area contributed by atoms with Gasteiger partial charge < -0.3 is 10.2 Å². The van der Waals surface area contributed by atoms with Crippen LogP contribution in [0.15, 0.2) is 41.1 Å². The third kappa shape index (κ3) is 3.64. The lowest BCUT2D eigenvalue weighted by Crippen LogP contribution is -2.53. The van der Waals surface area contributed by atoms with Crippen LogP contribution < -0.4 is 5.32 Å². The molecule has 1 aliphatic rings. The summed E-state index contributed by atoms with van der Waals surface area (Å²) in [6, 6.07) is 9.78. The highest BCUT2D eigenvalue weighted by atomic mass is 32.2. The van der Waals surface area contributed by atoms with E-state index in [1.165, 1.54) is 0 Å². The molecule has 0 radical (unpaired) electrons. The molecule has 1 atom stereocenters. The quantitative estimate of drug-likeness (QED) is 0.898. The minimum Gasteiger partial charge on any atom is -0.322 e. The van der Waals surface area contributed by atoms with Gasteiger partial charge in [0.1, 0.15) is 0 Å². The fourth-order valence-corrected chi connectivity index (χ4v) is 4.56. The van der Waals surface area contributed by atoms with Crippen LogP contribution in [0.3, 0.4) is 0 Å². The number of hydrogen-bond acceptors (Lipinski definition) is 3. The van der Waals surface area contributed by atoms with Crippen molar-refractivity contribution in [1.29, 1.82) is 0 Å². The molecule has 0 unspecified atom stereocenters. The number of urea groups is 1. The second-order valence-electron chi connectivity index (χ2n) is 6.25. The summed E-state index contributed by atoms with van der Waals surface area (Å²) in [5.41, 5.74) is 3.02. The molecular weight excluding hydrogens is 328 g/mol. The highest BCUT2D eigenvalue weighted by molar-refractivity contribution is 7.86. The summed E-state index contributed by atoms with van der Waals surface area (Å²) in [6.45, 7) is 4.93. The van der Waals surface area contributed by atoms with E-state index in [9.17, 15) is 9.00 Å². The summed E-state index contributed by atoms with van der Waals surface area (Å²) >= 11 is 1.65. The van der Waals surface area contributed by atoms with Crippen molar-refractivity contribution in [2.45, 2.75) is 18.6 Å². The molecule has 122 valence electrons. The van der Waals surface area contributed by atoms with Gasteiger partial charge in [-0.2, -0.15) is 11.3 Å². The van der Waals surface area contributed by atoms with Gasteiger partial charge in [-0.25, -0.2) is 4.79 Å². The number of carbonyl (C=O) groups excluding carboxylic acids is 1. The maximum atomic E-state index is 12.5. The minimum absolute atomic E-state index is 0.128. The SMILES string of the molecule is CC1(C)CN(C(=O)Nc2cccc(-c3ccsc3)c2)CC[S@]1=O. The molecule has 1 fully saturated rings. The number of benzene rings is 1. The van der Waals surface area contributed by atoms with Gasteiger partial charge in [-0.3, -0.25) is 4.21 Å². The molecule has 0 spiro atoms. The van der Waals surface area contributed by atoms with Gasteiger partial charge in [-0.15, -0.1) is 0 Å². The monoisotopic (exact) mass is 348 g/mol.